The Bertz CT molecular complexity index is 876. The zero-order valence-electron chi connectivity index (χ0n) is 14.7. The van der Waals surface area contributed by atoms with Crippen molar-refractivity contribution in [2.45, 2.75) is 58.0 Å². The van der Waals surface area contributed by atoms with Crippen LogP contribution in [0.5, 0.6) is 0 Å². The van der Waals surface area contributed by atoms with Gasteiger partial charge in [-0.05, 0) is 19.8 Å². The molecule has 2 aromatic rings. The van der Waals surface area contributed by atoms with Crippen LogP contribution in [0.1, 0.15) is 71.2 Å². The molecule has 1 aliphatic carbocycles. The fourth-order valence-corrected chi connectivity index (χ4v) is 4.01. The monoisotopic (exact) mass is 341 g/mol. The molecule has 0 aromatic carbocycles. The van der Waals surface area contributed by atoms with E-state index in [1.54, 1.807) is 18.1 Å². The second-order valence-corrected chi connectivity index (χ2v) is 7.14. The Hall–Kier alpha value is -2.44. The normalized spacial score (nSPS) is 17.8. The molecule has 1 N–H and O–H groups in total. The number of nitrogens with zero attached hydrogens (tertiary/aromatic N) is 4. The second-order valence-electron chi connectivity index (χ2n) is 7.14. The summed E-state index contributed by atoms with van der Waals surface area (Å²) in [6.07, 6.45) is 7.50. The van der Waals surface area contributed by atoms with Gasteiger partial charge in [0.25, 0.3) is 11.5 Å². The van der Waals surface area contributed by atoms with Crippen molar-refractivity contribution in [1.82, 2.24) is 24.6 Å². The summed E-state index contributed by atoms with van der Waals surface area (Å²) < 4.78 is 1.54. The van der Waals surface area contributed by atoms with E-state index in [4.69, 9.17) is 0 Å². The molecule has 1 amide bonds. The molecule has 0 radical (unpaired) electrons. The lowest BCUT2D eigenvalue weighted by atomic mass is 9.85. The number of H-pyrrole nitrogens is 1. The third kappa shape index (κ3) is 2.67. The second kappa shape index (κ2) is 6.13. The van der Waals surface area contributed by atoms with E-state index in [1.165, 1.54) is 23.8 Å². The predicted octanol–water partition coefficient (Wildman–Crippen LogP) is 2.02. The van der Waals surface area contributed by atoms with Gasteiger partial charge in [-0.3, -0.25) is 19.3 Å². The van der Waals surface area contributed by atoms with E-state index in [-0.39, 0.29) is 11.5 Å². The van der Waals surface area contributed by atoms with Crippen LogP contribution in [0, 0.1) is 6.92 Å². The summed E-state index contributed by atoms with van der Waals surface area (Å²) in [7, 11) is 1.71. The first-order valence-corrected chi connectivity index (χ1v) is 8.94. The van der Waals surface area contributed by atoms with Crippen molar-refractivity contribution in [3.63, 3.8) is 0 Å². The van der Waals surface area contributed by atoms with Crippen LogP contribution >= 0.6 is 0 Å². The number of carbonyl (C=O) groups is 1. The molecule has 132 valence electrons. The topological polar surface area (TPSA) is 83.9 Å². The van der Waals surface area contributed by atoms with Gasteiger partial charge in [0.15, 0.2) is 0 Å². The highest BCUT2D eigenvalue weighted by Crippen LogP contribution is 2.34. The SMILES string of the molecule is Cc1nc2c(c(=O)n1C)CN(C(=O)c1cn[nH]c1C1CCCCC1)C2. The lowest BCUT2D eigenvalue weighted by Crippen LogP contribution is -2.28. The van der Waals surface area contributed by atoms with Gasteiger partial charge in [0.2, 0.25) is 0 Å². The largest absolute Gasteiger partial charge is 0.328 e. The van der Waals surface area contributed by atoms with Crippen molar-refractivity contribution in [3.05, 3.63) is 44.9 Å². The molecule has 0 bridgehead atoms. The quantitative estimate of drug-likeness (QED) is 0.906. The summed E-state index contributed by atoms with van der Waals surface area (Å²) in [5, 5.41) is 7.18. The van der Waals surface area contributed by atoms with Crippen LogP contribution in [-0.2, 0) is 20.1 Å². The lowest BCUT2D eigenvalue weighted by Gasteiger charge is -2.22. The minimum absolute atomic E-state index is 0.0579. The van der Waals surface area contributed by atoms with Gasteiger partial charge >= 0.3 is 0 Å². The van der Waals surface area contributed by atoms with Gasteiger partial charge in [-0.1, -0.05) is 19.3 Å². The number of rotatable bonds is 2. The van der Waals surface area contributed by atoms with E-state index in [9.17, 15) is 9.59 Å². The fraction of sp³-hybridized carbons (Fsp3) is 0.556. The average molecular weight is 341 g/mol. The molecule has 7 nitrogen and oxygen atoms in total. The van der Waals surface area contributed by atoms with Crippen LogP contribution in [0.2, 0.25) is 0 Å². The Morgan fingerprint density at radius 1 is 1.24 bits per heavy atom. The minimum Gasteiger partial charge on any atom is -0.328 e. The zero-order chi connectivity index (χ0) is 17.6. The summed E-state index contributed by atoms with van der Waals surface area (Å²) in [4.78, 5) is 31.7. The number of nitrogens with one attached hydrogen (secondary N) is 1. The first kappa shape index (κ1) is 16.1. The van der Waals surface area contributed by atoms with Crippen molar-refractivity contribution in [3.8, 4) is 0 Å². The minimum atomic E-state index is -0.0629. The molecule has 0 spiro atoms. The summed E-state index contributed by atoms with van der Waals surface area (Å²) in [5.41, 5.74) is 2.89. The Morgan fingerprint density at radius 2 is 2.00 bits per heavy atom. The molecule has 0 saturated heterocycles. The molecule has 4 rings (SSSR count). The van der Waals surface area contributed by atoms with E-state index >= 15 is 0 Å². The summed E-state index contributed by atoms with van der Waals surface area (Å²) >= 11 is 0. The molecule has 2 aliphatic rings. The van der Waals surface area contributed by atoms with Gasteiger partial charge in [0.05, 0.1) is 41.8 Å². The van der Waals surface area contributed by atoms with Crippen molar-refractivity contribution in [1.29, 1.82) is 0 Å². The van der Waals surface area contributed by atoms with E-state index in [0.29, 0.717) is 36.0 Å². The standard InChI is InChI=1S/C18H23N5O2/c1-11-20-15-10-23(9-14(15)17(24)22(11)2)18(25)13-8-19-21-16(13)12-6-4-3-5-7-12/h8,12H,3-7,9-10H2,1-2H3,(H,19,21). The first-order valence-electron chi connectivity index (χ1n) is 8.94. The fourth-order valence-electron chi connectivity index (χ4n) is 4.01. The molecular formula is C18H23N5O2. The van der Waals surface area contributed by atoms with Crippen LogP contribution in [0.4, 0.5) is 0 Å². The number of hydrogen-bond acceptors (Lipinski definition) is 4. The lowest BCUT2D eigenvalue weighted by molar-refractivity contribution is 0.0748. The number of aromatic nitrogens is 4. The van der Waals surface area contributed by atoms with E-state index in [2.05, 4.69) is 15.2 Å². The molecule has 0 unspecified atom stereocenters. The maximum absolute atomic E-state index is 13.1. The van der Waals surface area contributed by atoms with Gasteiger partial charge in [-0.15, -0.1) is 0 Å². The maximum Gasteiger partial charge on any atom is 0.258 e. The third-order valence-corrected chi connectivity index (χ3v) is 5.58. The Morgan fingerprint density at radius 3 is 2.76 bits per heavy atom. The molecule has 3 heterocycles. The molecule has 7 heteroatoms. The van der Waals surface area contributed by atoms with Crippen LogP contribution in [0.15, 0.2) is 11.0 Å². The molecule has 0 atom stereocenters. The highest BCUT2D eigenvalue weighted by Gasteiger charge is 2.32. The van der Waals surface area contributed by atoms with Crippen LogP contribution in [0.25, 0.3) is 0 Å². The van der Waals surface area contributed by atoms with E-state index in [0.717, 1.165) is 24.2 Å². The highest BCUT2D eigenvalue weighted by molar-refractivity contribution is 5.95. The van der Waals surface area contributed by atoms with Crippen molar-refractivity contribution >= 4 is 5.91 Å². The zero-order valence-corrected chi connectivity index (χ0v) is 14.7. The molecule has 1 fully saturated rings. The number of aryl methyl sites for hydroxylation is 1. The van der Waals surface area contributed by atoms with Gasteiger partial charge < -0.3 is 4.90 Å². The van der Waals surface area contributed by atoms with E-state index in [1.807, 2.05) is 6.92 Å². The first-order chi connectivity index (χ1) is 12.1. The summed E-state index contributed by atoms with van der Waals surface area (Å²) in [6.45, 7) is 2.52. The number of hydrogen-bond donors (Lipinski definition) is 1. The molecule has 25 heavy (non-hydrogen) atoms. The van der Waals surface area contributed by atoms with Crippen molar-refractivity contribution in [2.75, 3.05) is 0 Å². The number of carbonyl (C=O) groups excluding carboxylic acids is 1. The van der Waals surface area contributed by atoms with Crippen LogP contribution in [-0.4, -0.2) is 30.6 Å². The Balaban J connectivity index is 1.60. The summed E-state index contributed by atoms with van der Waals surface area (Å²) in [6, 6.07) is 0. The Labute approximate surface area is 146 Å². The average Bonchev–Trinajstić information content (AvgIpc) is 3.27. The summed E-state index contributed by atoms with van der Waals surface area (Å²) in [5.74, 6) is 0.990. The number of fused-ring (bicyclic) bond motifs is 1. The van der Waals surface area contributed by atoms with E-state index < -0.39 is 0 Å². The molecule has 1 saturated carbocycles. The number of aromatic amines is 1. The Kier molecular flexibility index (Phi) is 3.94. The third-order valence-electron chi connectivity index (χ3n) is 5.58. The smallest absolute Gasteiger partial charge is 0.258 e. The van der Waals surface area contributed by atoms with Crippen molar-refractivity contribution in [2.24, 2.45) is 7.05 Å². The highest BCUT2D eigenvalue weighted by atomic mass is 16.2. The molecule has 1 aliphatic heterocycles. The molecule has 2 aromatic heterocycles. The van der Waals surface area contributed by atoms with Crippen LogP contribution < -0.4 is 5.56 Å². The predicted molar refractivity (Wildman–Crippen MR) is 92.2 cm³/mol. The van der Waals surface area contributed by atoms with Crippen molar-refractivity contribution < 1.29 is 4.79 Å². The van der Waals surface area contributed by atoms with Gasteiger partial charge in [-0.25, -0.2) is 4.98 Å². The number of amides is 1. The van der Waals surface area contributed by atoms with Gasteiger partial charge in [0.1, 0.15) is 5.82 Å². The van der Waals surface area contributed by atoms with Crippen LogP contribution in [0.3, 0.4) is 0 Å². The molecular weight excluding hydrogens is 318 g/mol. The maximum atomic E-state index is 13.1. The van der Waals surface area contributed by atoms with Gasteiger partial charge in [0, 0.05) is 13.0 Å². The van der Waals surface area contributed by atoms with Gasteiger partial charge in [-0.2, -0.15) is 5.10 Å².